The Balaban J connectivity index is 1.55. The first kappa shape index (κ1) is 34.4. The predicted molar refractivity (Wildman–Crippen MR) is 182 cm³/mol. The number of benzene rings is 1. The fraction of sp³-hybridized carbons (Fsp3) is 0.424. The molecule has 4 heterocycles. The second-order valence-corrected chi connectivity index (χ2v) is 12.1. The SMILES string of the molecule is C=CC(=O)CC1CCOCC1Nc1ncc2cc(-c3c(Cl)c(OC)cc(OC)c3Cl)c(=O)n(CCN3CCN(C(=O)C=C)CC3)c2n1. The van der Waals surface area contributed by atoms with Gasteiger partial charge in [0.05, 0.1) is 42.5 Å². The van der Waals surface area contributed by atoms with Gasteiger partial charge in [-0.15, -0.1) is 0 Å². The summed E-state index contributed by atoms with van der Waals surface area (Å²) in [6.07, 6.45) is 5.33. The largest absolute Gasteiger partial charge is 0.495 e. The third-order valence-electron chi connectivity index (χ3n) is 8.67. The number of nitrogens with one attached hydrogen (secondary N) is 1. The third-order valence-corrected chi connectivity index (χ3v) is 9.42. The molecule has 14 heteroatoms. The van der Waals surface area contributed by atoms with Crippen LogP contribution in [0.2, 0.25) is 10.0 Å². The van der Waals surface area contributed by atoms with Crippen molar-refractivity contribution >= 4 is 51.9 Å². The van der Waals surface area contributed by atoms with Crippen LogP contribution in [0.15, 0.2) is 48.4 Å². The summed E-state index contributed by atoms with van der Waals surface area (Å²) in [5.74, 6) is 0.786. The molecule has 12 nitrogen and oxygen atoms in total. The Morgan fingerprint density at radius 3 is 2.40 bits per heavy atom. The number of piperazine rings is 1. The van der Waals surface area contributed by atoms with Crippen molar-refractivity contribution in [3.63, 3.8) is 0 Å². The van der Waals surface area contributed by atoms with Gasteiger partial charge in [0.15, 0.2) is 5.78 Å². The molecule has 47 heavy (non-hydrogen) atoms. The second-order valence-electron chi connectivity index (χ2n) is 11.4. The molecule has 3 aromatic rings. The number of ketones is 1. The van der Waals surface area contributed by atoms with Crippen LogP contribution < -0.4 is 20.3 Å². The van der Waals surface area contributed by atoms with Crippen LogP contribution in [0.1, 0.15) is 12.8 Å². The Kier molecular flexibility index (Phi) is 11.2. The number of carbonyl (C=O) groups excluding carboxylic acids is 2. The van der Waals surface area contributed by atoms with Crippen LogP contribution in [0.5, 0.6) is 11.5 Å². The van der Waals surface area contributed by atoms with Crippen molar-refractivity contribution in [2.45, 2.75) is 25.4 Å². The predicted octanol–water partition coefficient (Wildman–Crippen LogP) is 4.07. The van der Waals surface area contributed by atoms with Crippen LogP contribution in [0, 0.1) is 5.92 Å². The van der Waals surface area contributed by atoms with Gasteiger partial charge in [-0.1, -0.05) is 36.4 Å². The molecule has 0 aliphatic carbocycles. The van der Waals surface area contributed by atoms with Gasteiger partial charge in [-0.2, -0.15) is 4.98 Å². The van der Waals surface area contributed by atoms with Crippen molar-refractivity contribution < 1.29 is 23.8 Å². The van der Waals surface area contributed by atoms with Gasteiger partial charge in [-0.05, 0) is 30.6 Å². The van der Waals surface area contributed by atoms with Gasteiger partial charge in [0, 0.05) is 75.5 Å². The zero-order valence-electron chi connectivity index (χ0n) is 26.5. The number of halogens is 2. The normalized spacial score (nSPS) is 18.5. The zero-order valence-corrected chi connectivity index (χ0v) is 28.0. The van der Waals surface area contributed by atoms with Crippen LogP contribution >= 0.6 is 23.2 Å². The van der Waals surface area contributed by atoms with Crippen LogP contribution in [-0.4, -0.2) is 102 Å². The number of carbonyl (C=O) groups is 2. The summed E-state index contributed by atoms with van der Waals surface area (Å²) in [5.41, 5.74) is 0.559. The number of pyridine rings is 1. The van der Waals surface area contributed by atoms with Crippen molar-refractivity contribution in [3.05, 3.63) is 64.0 Å². The summed E-state index contributed by atoms with van der Waals surface area (Å²) in [5, 5.41) is 4.26. The molecule has 2 unspecified atom stereocenters. The second kappa shape index (κ2) is 15.3. The molecule has 0 spiro atoms. The van der Waals surface area contributed by atoms with Gasteiger partial charge < -0.3 is 24.4 Å². The van der Waals surface area contributed by atoms with Gasteiger partial charge in [-0.3, -0.25) is 23.9 Å². The van der Waals surface area contributed by atoms with Crippen LogP contribution in [-0.2, 0) is 20.9 Å². The Labute approximate surface area is 282 Å². The summed E-state index contributed by atoms with van der Waals surface area (Å²) >= 11 is 13.5. The minimum absolute atomic E-state index is 0.0112. The number of allylic oxidation sites excluding steroid dienone is 1. The van der Waals surface area contributed by atoms with Crippen LogP contribution in [0.25, 0.3) is 22.2 Å². The number of nitrogens with zero attached hydrogens (tertiary/aromatic N) is 5. The maximum absolute atomic E-state index is 14.4. The molecule has 250 valence electrons. The standard InChI is InChI=1S/C33H38Cl2N6O6/c1-5-22(42)15-20-7-14-47-19-24(20)37-33-36-18-21-16-23(28-29(34)25(45-3)17-26(46-4)30(28)35)32(44)41(31(21)38-33)13-10-39-8-11-40(12-9-39)27(43)6-2/h5-6,16-18,20,24H,1-2,7-15,19H2,3-4H3,(H,36,37,38). The molecule has 0 radical (unpaired) electrons. The fourth-order valence-corrected chi connectivity index (χ4v) is 6.70. The van der Waals surface area contributed by atoms with Gasteiger partial charge in [0.1, 0.15) is 17.1 Å². The summed E-state index contributed by atoms with van der Waals surface area (Å²) in [6.45, 7) is 11.3. The highest BCUT2D eigenvalue weighted by atomic mass is 35.5. The Morgan fingerprint density at radius 1 is 1.06 bits per heavy atom. The number of fused-ring (bicyclic) bond motifs is 1. The summed E-state index contributed by atoms with van der Waals surface area (Å²) in [4.78, 5) is 51.9. The third kappa shape index (κ3) is 7.46. The van der Waals surface area contributed by atoms with Crippen LogP contribution in [0.4, 0.5) is 5.95 Å². The zero-order chi connectivity index (χ0) is 33.7. The van der Waals surface area contributed by atoms with Crippen molar-refractivity contribution in [2.24, 2.45) is 5.92 Å². The van der Waals surface area contributed by atoms with Gasteiger partial charge >= 0.3 is 0 Å². The molecule has 2 aliphatic heterocycles. The Morgan fingerprint density at radius 2 is 1.77 bits per heavy atom. The van der Waals surface area contributed by atoms with Crippen molar-refractivity contribution in [1.29, 1.82) is 0 Å². The number of methoxy groups -OCH3 is 2. The van der Waals surface area contributed by atoms with Crippen molar-refractivity contribution in [2.75, 3.05) is 65.5 Å². The molecular weight excluding hydrogens is 647 g/mol. The first-order valence-electron chi connectivity index (χ1n) is 15.3. The minimum atomic E-state index is -0.364. The molecule has 0 bridgehead atoms. The van der Waals surface area contributed by atoms with E-state index in [-0.39, 0.29) is 56.9 Å². The monoisotopic (exact) mass is 684 g/mol. The highest BCUT2D eigenvalue weighted by Gasteiger charge is 2.29. The number of aromatic nitrogens is 3. The molecule has 2 aromatic heterocycles. The topological polar surface area (TPSA) is 128 Å². The van der Waals surface area contributed by atoms with E-state index in [4.69, 9.17) is 42.4 Å². The van der Waals surface area contributed by atoms with E-state index in [1.807, 2.05) is 0 Å². The van der Waals surface area contributed by atoms with Gasteiger partial charge in [-0.25, -0.2) is 4.98 Å². The molecule has 1 amide bonds. The minimum Gasteiger partial charge on any atom is -0.495 e. The number of hydrogen-bond acceptors (Lipinski definition) is 10. The molecule has 2 atom stereocenters. The molecule has 2 fully saturated rings. The first-order valence-corrected chi connectivity index (χ1v) is 16.1. The Bertz CT molecular complexity index is 1710. The molecule has 5 rings (SSSR count). The molecule has 0 saturated carbocycles. The molecular formula is C33H38Cl2N6O6. The van der Waals surface area contributed by atoms with Crippen LogP contribution in [0.3, 0.4) is 0 Å². The van der Waals surface area contributed by atoms with E-state index in [9.17, 15) is 14.4 Å². The summed E-state index contributed by atoms with van der Waals surface area (Å²) < 4.78 is 18.2. The van der Waals surface area contributed by atoms with E-state index in [2.05, 4.69) is 28.4 Å². The maximum atomic E-state index is 14.4. The lowest BCUT2D eigenvalue weighted by Gasteiger charge is -2.34. The summed E-state index contributed by atoms with van der Waals surface area (Å²) in [7, 11) is 2.94. The summed E-state index contributed by atoms with van der Waals surface area (Å²) in [6, 6.07) is 3.02. The molecule has 2 aliphatic rings. The number of hydrogen-bond donors (Lipinski definition) is 1. The quantitative estimate of drug-likeness (QED) is 0.279. The Hall–Kier alpha value is -3.97. The van der Waals surface area contributed by atoms with Crippen molar-refractivity contribution in [3.8, 4) is 22.6 Å². The number of amides is 1. The van der Waals surface area contributed by atoms with Gasteiger partial charge in [0.2, 0.25) is 11.9 Å². The number of rotatable bonds is 12. The van der Waals surface area contributed by atoms with Gasteiger partial charge in [0.25, 0.3) is 5.56 Å². The van der Waals surface area contributed by atoms with E-state index in [0.29, 0.717) is 87.3 Å². The van der Waals surface area contributed by atoms with E-state index < -0.39 is 0 Å². The van der Waals surface area contributed by atoms with E-state index >= 15 is 0 Å². The van der Waals surface area contributed by atoms with E-state index in [1.54, 1.807) is 27.8 Å². The number of ether oxygens (including phenoxy) is 3. The van der Waals surface area contributed by atoms with Crippen molar-refractivity contribution in [1.82, 2.24) is 24.3 Å². The average Bonchev–Trinajstić information content (AvgIpc) is 3.09. The molecule has 2 saturated heterocycles. The van der Waals surface area contributed by atoms with E-state index in [0.717, 1.165) is 0 Å². The average molecular weight is 686 g/mol. The maximum Gasteiger partial charge on any atom is 0.260 e. The lowest BCUT2D eigenvalue weighted by atomic mass is 9.90. The molecule has 1 N–H and O–H groups in total. The van der Waals surface area contributed by atoms with E-state index in [1.165, 1.54) is 26.4 Å². The smallest absolute Gasteiger partial charge is 0.260 e. The molecule has 1 aromatic carbocycles. The lowest BCUT2D eigenvalue weighted by molar-refractivity contribution is -0.127. The first-order chi connectivity index (χ1) is 22.7. The lowest BCUT2D eigenvalue weighted by Crippen LogP contribution is -2.49. The highest BCUT2D eigenvalue weighted by Crippen LogP contribution is 2.45. The number of anilines is 1. The fourth-order valence-electron chi connectivity index (χ4n) is 5.99. The highest BCUT2D eigenvalue weighted by molar-refractivity contribution is 6.41.